The fourth-order valence-electron chi connectivity index (χ4n) is 4.55. The zero-order chi connectivity index (χ0) is 18.5. The van der Waals surface area contributed by atoms with E-state index in [4.69, 9.17) is 0 Å². The second-order valence-corrected chi connectivity index (χ2v) is 7.38. The van der Waals surface area contributed by atoms with Gasteiger partial charge in [-0.2, -0.15) is 0 Å². The standard InChI is InChI=1S/C28H18/c1-3-11-21-19(9-1)17-27-26-16-8-6-14-24(26)22-12-4-2-10-20(22)18-28(27)25-15-7-5-13-23(21)25/h1-18H. The first kappa shape index (κ1) is 15.4. The highest BCUT2D eigenvalue weighted by Gasteiger charge is 2.10. The first-order chi connectivity index (χ1) is 13.9. The summed E-state index contributed by atoms with van der Waals surface area (Å²) in [6, 6.07) is 35.0. The lowest BCUT2D eigenvalue weighted by molar-refractivity contribution is 1.40. The van der Waals surface area contributed by atoms with Crippen LogP contribution in [0.5, 0.6) is 0 Å². The topological polar surface area (TPSA) is 0 Å². The van der Waals surface area contributed by atoms with Gasteiger partial charge in [0, 0.05) is 0 Å². The average molecular weight is 354 g/mol. The Kier molecular flexibility index (Phi) is 3.27. The van der Waals surface area contributed by atoms with Crippen LogP contribution in [0.25, 0.3) is 23.3 Å². The summed E-state index contributed by atoms with van der Waals surface area (Å²) < 4.78 is 0. The van der Waals surface area contributed by atoms with Crippen molar-refractivity contribution in [1.29, 1.82) is 0 Å². The molecule has 0 aliphatic heterocycles. The van der Waals surface area contributed by atoms with Crippen molar-refractivity contribution in [3.8, 4) is 0 Å². The second-order valence-electron chi connectivity index (χ2n) is 7.38. The minimum Gasteiger partial charge on any atom is -0.0616 e. The Bertz CT molecular complexity index is 1570. The Balaban J connectivity index is 2.08. The minimum absolute atomic E-state index is 1.27. The van der Waals surface area contributed by atoms with E-state index in [-0.39, 0.29) is 0 Å². The van der Waals surface area contributed by atoms with Crippen molar-refractivity contribution < 1.29 is 0 Å². The van der Waals surface area contributed by atoms with Crippen LogP contribution >= 0.6 is 0 Å². The summed E-state index contributed by atoms with van der Waals surface area (Å²) in [6.45, 7) is 0. The number of fused-ring (bicyclic) bond motifs is 5. The van der Waals surface area contributed by atoms with Crippen LogP contribution in [-0.4, -0.2) is 0 Å². The third-order valence-electron chi connectivity index (χ3n) is 5.83. The molecule has 28 heavy (non-hydrogen) atoms. The Morgan fingerprint density at radius 2 is 0.607 bits per heavy atom. The van der Waals surface area contributed by atoms with Gasteiger partial charge in [-0.1, -0.05) is 97.1 Å². The molecule has 0 spiro atoms. The average Bonchev–Trinajstić information content (AvgIpc) is 2.98. The molecule has 6 rings (SSSR count). The van der Waals surface area contributed by atoms with E-state index in [1.54, 1.807) is 0 Å². The third-order valence-corrected chi connectivity index (χ3v) is 5.83. The van der Waals surface area contributed by atoms with Gasteiger partial charge < -0.3 is 0 Å². The molecule has 0 amide bonds. The fourth-order valence-corrected chi connectivity index (χ4v) is 4.55. The van der Waals surface area contributed by atoms with E-state index < -0.39 is 0 Å². The molecule has 0 fully saturated rings. The summed E-state index contributed by atoms with van der Waals surface area (Å²) in [4.78, 5) is 0. The lowest BCUT2D eigenvalue weighted by Gasteiger charge is -2.04. The molecular formula is C28H18. The summed E-state index contributed by atoms with van der Waals surface area (Å²) in [5.74, 6) is 0. The van der Waals surface area contributed by atoms with E-state index in [2.05, 4.69) is 109 Å². The largest absolute Gasteiger partial charge is 0.0616 e. The molecule has 0 heteroatoms. The highest BCUT2D eigenvalue weighted by atomic mass is 14.1. The Morgan fingerprint density at radius 1 is 0.286 bits per heavy atom. The molecule has 0 N–H and O–H groups in total. The first-order valence-corrected chi connectivity index (χ1v) is 9.71. The fraction of sp³-hybridized carbons (Fsp3) is 0. The zero-order valence-electron chi connectivity index (χ0n) is 15.4. The van der Waals surface area contributed by atoms with Crippen LogP contribution in [0.4, 0.5) is 0 Å². The maximum absolute atomic E-state index is 2.37. The molecule has 0 aromatic heterocycles. The molecule has 0 radical (unpaired) electrons. The summed E-state index contributed by atoms with van der Waals surface area (Å²) in [7, 11) is 0. The van der Waals surface area contributed by atoms with Crippen molar-refractivity contribution in [3.63, 3.8) is 0 Å². The van der Waals surface area contributed by atoms with Crippen molar-refractivity contribution in [2.24, 2.45) is 0 Å². The van der Waals surface area contributed by atoms with Gasteiger partial charge in [0.25, 0.3) is 0 Å². The Hall–Kier alpha value is -3.64. The van der Waals surface area contributed by atoms with Crippen LogP contribution < -0.4 is 20.9 Å². The summed E-state index contributed by atoms with van der Waals surface area (Å²) in [6.07, 6.45) is 4.73. The summed E-state index contributed by atoms with van der Waals surface area (Å²) in [5.41, 5.74) is 2.59. The predicted octanol–water partition coefficient (Wildman–Crippen LogP) is 2.85. The van der Waals surface area contributed by atoms with E-state index in [0.717, 1.165) is 0 Å². The lowest BCUT2D eigenvalue weighted by Crippen LogP contribution is -2.12. The molecule has 0 unspecified atom stereocenters. The SMILES string of the molecule is C1=c2ccccc2=c2ccccc2=C2C=c3ccccc3=c3ccccc3=C12. The van der Waals surface area contributed by atoms with E-state index in [0.29, 0.717) is 0 Å². The van der Waals surface area contributed by atoms with Gasteiger partial charge in [0.15, 0.2) is 0 Å². The van der Waals surface area contributed by atoms with Gasteiger partial charge in [-0.05, 0) is 65.0 Å². The van der Waals surface area contributed by atoms with Gasteiger partial charge in [0.05, 0.1) is 0 Å². The molecule has 0 bridgehead atoms. The summed E-state index contributed by atoms with van der Waals surface area (Å²) >= 11 is 0. The normalized spacial score (nSPS) is 13.4. The quantitative estimate of drug-likeness (QED) is 0.456. The molecule has 0 saturated carbocycles. The Morgan fingerprint density at radius 3 is 1.04 bits per heavy atom. The van der Waals surface area contributed by atoms with Gasteiger partial charge in [-0.25, -0.2) is 0 Å². The van der Waals surface area contributed by atoms with Gasteiger partial charge >= 0.3 is 0 Å². The second kappa shape index (κ2) is 5.94. The van der Waals surface area contributed by atoms with Crippen molar-refractivity contribution in [2.75, 3.05) is 0 Å². The van der Waals surface area contributed by atoms with Crippen molar-refractivity contribution in [2.45, 2.75) is 0 Å². The van der Waals surface area contributed by atoms with Crippen molar-refractivity contribution in [1.82, 2.24) is 0 Å². The van der Waals surface area contributed by atoms with E-state index >= 15 is 0 Å². The summed E-state index contributed by atoms with van der Waals surface area (Å²) in [5, 5.41) is 10.3. The number of hydrogen-bond acceptors (Lipinski definition) is 0. The van der Waals surface area contributed by atoms with Crippen LogP contribution in [0.1, 0.15) is 0 Å². The first-order valence-electron chi connectivity index (χ1n) is 9.71. The third kappa shape index (κ3) is 2.18. The Labute approximate surface area is 162 Å². The number of rotatable bonds is 0. The van der Waals surface area contributed by atoms with E-state index in [9.17, 15) is 0 Å². The van der Waals surface area contributed by atoms with Crippen LogP contribution in [0.15, 0.2) is 97.1 Å². The zero-order valence-corrected chi connectivity index (χ0v) is 15.4. The lowest BCUT2D eigenvalue weighted by atomic mass is 9.99. The monoisotopic (exact) mass is 354 g/mol. The molecule has 0 nitrogen and oxygen atoms in total. The highest BCUT2D eigenvalue weighted by molar-refractivity contribution is 6.14. The van der Waals surface area contributed by atoms with E-state index in [1.807, 2.05) is 0 Å². The van der Waals surface area contributed by atoms with Gasteiger partial charge in [-0.15, -0.1) is 0 Å². The van der Waals surface area contributed by atoms with Crippen LogP contribution in [0, 0.1) is 20.9 Å². The van der Waals surface area contributed by atoms with Gasteiger partial charge in [0.1, 0.15) is 0 Å². The van der Waals surface area contributed by atoms with Gasteiger partial charge in [-0.3, -0.25) is 0 Å². The maximum Gasteiger partial charge on any atom is -0.00926 e. The molecule has 0 saturated heterocycles. The number of benzene rings is 4. The maximum atomic E-state index is 2.37. The molecule has 4 aromatic rings. The van der Waals surface area contributed by atoms with Crippen molar-refractivity contribution in [3.05, 3.63) is 139 Å². The van der Waals surface area contributed by atoms with Crippen LogP contribution in [-0.2, 0) is 0 Å². The molecule has 0 heterocycles. The minimum atomic E-state index is 1.27. The van der Waals surface area contributed by atoms with Gasteiger partial charge in [0.2, 0.25) is 0 Å². The molecule has 2 aliphatic rings. The number of hydrogen-bond donors (Lipinski definition) is 0. The molecular weight excluding hydrogens is 336 g/mol. The molecule has 4 aromatic carbocycles. The van der Waals surface area contributed by atoms with Crippen LogP contribution in [0.2, 0.25) is 0 Å². The smallest absolute Gasteiger partial charge is 0.00926 e. The van der Waals surface area contributed by atoms with E-state index in [1.165, 1.54) is 52.9 Å². The molecule has 2 aliphatic carbocycles. The highest BCUT2D eigenvalue weighted by Crippen LogP contribution is 2.17. The molecule has 130 valence electrons. The predicted molar refractivity (Wildman–Crippen MR) is 115 cm³/mol. The molecule has 0 atom stereocenters. The van der Waals surface area contributed by atoms with Crippen molar-refractivity contribution >= 4 is 23.3 Å². The van der Waals surface area contributed by atoms with Crippen LogP contribution in [0.3, 0.4) is 0 Å².